The Hall–Kier alpha value is -2.99. The molecule has 0 amide bonds. The van der Waals surface area contributed by atoms with E-state index in [2.05, 4.69) is 17.1 Å². The van der Waals surface area contributed by atoms with E-state index in [1.54, 1.807) is 31.5 Å². The summed E-state index contributed by atoms with van der Waals surface area (Å²) in [5.74, 6) is 0.00812. The molecule has 0 spiro atoms. The number of rotatable bonds is 8. The van der Waals surface area contributed by atoms with E-state index in [1.807, 2.05) is 12.1 Å². The molecule has 0 aromatic heterocycles. The summed E-state index contributed by atoms with van der Waals surface area (Å²) in [6, 6.07) is 9.94. The van der Waals surface area contributed by atoms with Crippen molar-refractivity contribution in [1.29, 1.82) is 0 Å². The highest BCUT2D eigenvalue weighted by Gasteiger charge is 2.10. The lowest BCUT2D eigenvalue weighted by molar-refractivity contribution is 0.0697. The van der Waals surface area contributed by atoms with Gasteiger partial charge in [-0.05, 0) is 30.3 Å². The number of ether oxygens (including phenoxy) is 2. The normalized spacial score (nSPS) is 10.5. The highest BCUT2D eigenvalue weighted by molar-refractivity contribution is 6.33. The third-order valence-electron chi connectivity index (χ3n) is 3.17. The number of anilines is 1. The summed E-state index contributed by atoms with van der Waals surface area (Å²) in [4.78, 5) is 11.1. The fourth-order valence-corrected chi connectivity index (χ4v) is 2.23. The van der Waals surface area contributed by atoms with E-state index in [0.29, 0.717) is 29.4 Å². The van der Waals surface area contributed by atoms with Crippen LogP contribution in [0.5, 0.6) is 11.5 Å². The van der Waals surface area contributed by atoms with Crippen LogP contribution in [-0.2, 0) is 0 Å². The summed E-state index contributed by atoms with van der Waals surface area (Å²) in [5, 5.41) is 13.4. The molecule has 0 atom stereocenters. The number of nitrogens with one attached hydrogen (secondary N) is 1. The Kier molecular flexibility index (Phi) is 6.42. The van der Waals surface area contributed by atoms with Crippen LogP contribution in [-0.4, -0.2) is 31.0 Å². The number of para-hydroxylation sites is 1. The van der Waals surface area contributed by atoms with E-state index in [-0.39, 0.29) is 10.6 Å². The van der Waals surface area contributed by atoms with Gasteiger partial charge in [0.2, 0.25) is 0 Å². The molecule has 0 aliphatic heterocycles. The van der Waals surface area contributed by atoms with Crippen LogP contribution in [0, 0.1) is 0 Å². The van der Waals surface area contributed by atoms with Gasteiger partial charge in [0, 0.05) is 5.56 Å². The van der Waals surface area contributed by atoms with E-state index in [4.69, 9.17) is 26.2 Å². The molecule has 0 saturated carbocycles. The zero-order valence-corrected chi connectivity index (χ0v) is 14.3. The first kappa shape index (κ1) is 18.4. The van der Waals surface area contributed by atoms with Crippen molar-refractivity contribution in [1.82, 2.24) is 0 Å². The second-order valence-corrected chi connectivity index (χ2v) is 5.26. The van der Waals surface area contributed by atoms with E-state index >= 15 is 0 Å². The average molecular weight is 361 g/mol. The van der Waals surface area contributed by atoms with E-state index in [0.717, 1.165) is 0 Å². The molecule has 0 bridgehead atoms. The Labute approximate surface area is 150 Å². The molecule has 0 heterocycles. The molecule has 25 heavy (non-hydrogen) atoms. The first-order valence-electron chi connectivity index (χ1n) is 7.29. The molecular formula is C18H17ClN2O4. The molecule has 0 aliphatic carbocycles. The molecule has 0 aliphatic rings. The molecule has 2 aromatic rings. The van der Waals surface area contributed by atoms with Crippen LogP contribution in [0.15, 0.2) is 54.2 Å². The van der Waals surface area contributed by atoms with Gasteiger partial charge in [-0.25, -0.2) is 4.79 Å². The predicted octanol–water partition coefficient (Wildman–Crippen LogP) is 4.06. The Morgan fingerprint density at radius 3 is 2.88 bits per heavy atom. The van der Waals surface area contributed by atoms with Gasteiger partial charge in [0.15, 0.2) is 11.5 Å². The Morgan fingerprint density at radius 2 is 2.20 bits per heavy atom. The van der Waals surface area contributed by atoms with Crippen molar-refractivity contribution in [2.24, 2.45) is 5.10 Å². The van der Waals surface area contributed by atoms with E-state index in [9.17, 15) is 4.79 Å². The lowest BCUT2D eigenvalue weighted by Gasteiger charge is -2.11. The fourth-order valence-electron chi connectivity index (χ4n) is 2.03. The minimum Gasteiger partial charge on any atom is -0.493 e. The van der Waals surface area contributed by atoms with Crippen molar-refractivity contribution in [3.05, 3.63) is 65.2 Å². The molecular weight excluding hydrogens is 344 g/mol. The molecule has 6 nitrogen and oxygen atoms in total. The van der Waals surface area contributed by atoms with Crippen molar-refractivity contribution < 1.29 is 19.4 Å². The number of hydrazone groups is 1. The molecule has 7 heteroatoms. The Balaban J connectivity index is 2.21. The minimum absolute atomic E-state index is 0.00162. The van der Waals surface area contributed by atoms with Gasteiger partial charge in [-0.3, -0.25) is 5.43 Å². The number of methoxy groups -OCH3 is 1. The lowest BCUT2D eigenvalue weighted by atomic mass is 10.2. The van der Waals surface area contributed by atoms with Crippen LogP contribution >= 0.6 is 11.6 Å². The molecule has 0 radical (unpaired) electrons. The number of benzene rings is 2. The van der Waals surface area contributed by atoms with Gasteiger partial charge in [0.05, 0.1) is 29.6 Å². The maximum Gasteiger partial charge on any atom is 0.337 e. The van der Waals surface area contributed by atoms with Crippen molar-refractivity contribution >= 4 is 29.5 Å². The summed E-state index contributed by atoms with van der Waals surface area (Å²) in [7, 11) is 1.55. The Morgan fingerprint density at radius 1 is 1.40 bits per heavy atom. The highest BCUT2D eigenvalue weighted by Crippen LogP contribution is 2.30. The van der Waals surface area contributed by atoms with Crippen LogP contribution in [0.4, 0.5) is 5.69 Å². The summed E-state index contributed by atoms with van der Waals surface area (Å²) >= 11 is 5.84. The van der Waals surface area contributed by atoms with Gasteiger partial charge in [-0.15, -0.1) is 0 Å². The van der Waals surface area contributed by atoms with E-state index < -0.39 is 5.97 Å². The van der Waals surface area contributed by atoms with Crippen LogP contribution in [0.2, 0.25) is 5.02 Å². The highest BCUT2D eigenvalue weighted by atomic mass is 35.5. The Bertz CT molecular complexity index is 806. The van der Waals surface area contributed by atoms with Crippen molar-refractivity contribution in [3.8, 4) is 11.5 Å². The third-order valence-corrected chi connectivity index (χ3v) is 3.50. The average Bonchev–Trinajstić information content (AvgIpc) is 2.61. The second kappa shape index (κ2) is 8.75. The number of aromatic carboxylic acids is 1. The van der Waals surface area contributed by atoms with Gasteiger partial charge in [0.1, 0.15) is 6.61 Å². The number of carbonyl (C=O) groups is 1. The molecule has 130 valence electrons. The summed E-state index contributed by atoms with van der Waals surface area (Å²) in [6.45, 7) is 3.95. The van der Waals surface area contributed by atoms with Crippen LogP contribution in [0.25, 0.3) is 0 Å². The maximum atomic E-state index is 11.1. The molecule has 0 saturated heterocycles. The standard InChI is InChI=1S/C18H17ClN2O4/c1-3-9-25-17-12(5-4-6-16(17)24-2)11-20-21-13-7-8-15(19)14(10-13)18(22)23/h3-8,10-11,21H,1,9H2,2H3,(H,22,23)/b20-11+. The van der Waals surface area contributed by atoms with Gasteiger partial charge >= 0.3 is 5.97 Å². The number of carboxylic acid groups (broad SMARTS) is 1. The van der Waals surface area contributed by atoms with Crippen molar-refractivity contribution in [2.45, 2.75) is 0 Å². The van der Waals surface area contributed by atoms with Crippen LogP contribution < -0.4 is 14.9 Å². The maximum absolute atomic E-state index is 11.1. The van der Waals surface area contributed by atoms with Crippen LogP contribution in [0.1, 0.15) is 15.9 Å². The smallest absolute Gasteiger partial charge is 0.337 e. The summed E-state index contributed by atoms with van der Waals surface area (Å²) in [5.41, 5.74) is 3.96. The quantitative estimate of drug-likeness (QED) is 0.421. The van der Waals surface area contributed by atoms with Gasteiger partial charge in [-0.2, -0.15) is 5.10 Å². The largest absolute Gasteiger partial charge is 0.493 e. The first-order valence-corrected chi connectivity index (χ1v) is 7.67. The summed E-state index contributed by atoms with van der Waals surface area (Å²) < 4.78 is 10.9. The number of hydrogen-bond acceptors (Lipinski definition) is 5. The fraction of sp³-hybridized carbons (Fsp3) is 0.111. The zero-order valence-electron chi connectivity index (χ0n) is 13.5. The zero-order chi connectivity index (χ0) is 18.2. The van der Waals surface area contributed by atoms with Crippen molar-refractivity contribution in [2.75, 3.05) is 19.1 Å². The number of halogens is 1. The predicted molar refractivity (Wildman–Crippen MR) is 98.3 cm³/mol. The van der Waals surface area contributed by atoms with Gasteiger partial charge in [0.25, 0.3) is 0 Å². The number of carboxylic acids is 1. The molecule has 0 fully saturated rings. The second-order valence-electron chi connectivity index (χ2n) is 4.85. The van der Waals surface area contributed by atoms with Crippen molar-refractivity contribution in [3.63, 3.8) is 0 Å². The third kappa shape index (κ3) is 4.74. The lowest BCUT2D eigenvalue weighted by Crippen LogP contribution is -2.01. The first-order chi connectivity index (χ1) is 12.1. The van der Waals surface area contributed by atoms with Gasteiger partial charge < -0.3 is 14.6 Å². The minimum atomic E-state index is -1.11. The SMILES string of the molecule is C=CCOc1c(/C=N/Nc2ccc(Cl)c(C(=O)O)c2)cccc1OC. The molecule has 2 rings (SSSR count). The summed E-state index contributed by atoms with van der Waals surface area (Å²) in [6.07, 6.45) is 3.18. The number of hydrogen-bond donors (Lipinski definition) is 2. The topological polar surface area (TPSA) is 80.2 Å². The molecule has 2 N–H and O–H groups in total. The molecule has 2 aromatic carbocycles. The number of nitrogens with zero attached hydrogens (tertiary/aromatic N) is 1. The van der Waals surface area contributed by atoms with Crippen LogP contribution in [0.3, 0.4) is 0 Å². The molecule has 0 unspecified atom stereocenters. The monoisotopic (exact) mass is 360 g/mol. The van der Waals surface area contributed by atoms with E-state index in [1.165, 1.54) is 12.1 Å². The van der Waals surface area contributed by atoms with Gasteiger partial charge in [-0.1, -0.05) is 30.3 Å².